The summed E-state index contributed by atoms with van der Waals surface area (Å²) in [7, 11) is 1.69. The van der Waals surface area contributed by atoms with Crippen molar-refractivity contribution in [2.45, 2.75) is 46.6 Å². The minimum atomic E-state index is 0.304. The van der Waals surface area contributed by atoms with Gasteiger partial charge < -0.3 is 9.30 Å². The van der Waals surface area contributed by atoms with Crippen LogP contribution in [0.3, 0.4) is 0 Å². The molecular formula is C20H26N4O. The number of methoxy groups -OCH3 is 1. The summed E-state index contributed by atoms with van der Waals surface area (Å²) in [6.07, 6.45) is 3.61. The Morgan fingerprint density at radius 2 is 1.80 bits per heavy atom. The van der Waals surface area contributed by atoms with E-state index in [-0.39, 0.29) is 0 Å². The van der Waals surface area contributed by atoms with Crippen molar-refractivity contribution >= 4 is 11.3 Å². The molecule has 25 heavy (non-hydrogen) atoms. The van der Waals surface area contributed by atoms with Gasteiger partial charge in [-0.2, -0.15) is 0 Å². The zero-order valence-corrected chi connectivity index (χ0v) is 15.8. The van der Waals surface area contributed by atoms with Gasteiger partial charge in [0, 0.05) is 11.6 Å². The first-order valence-corrected chi connectivity index (χ1v) is 8.80. The summed E-state index contributed by atoms with van der Waals surface area (Å²) in [6, 6.07) is 6.55. The lowest BCUT2D eigenvalue weighted by Crippen LogP contribution is -2.11. The Morgan fingerprint density at radius 1 is 1.04 bits per heavy atom. The molecule has 0 aliphatic rings. The molecule has 132 valence electrons. The smallest absolute Gasteiger partial charge is 0.197 e. The first-order chi connectivity index (χ1) is 11.9. The van der Waals surface area contributed by atoms with Gasteiger partial charge in [-0.1, -0.05) is 33.8 Å². The molecule has 0 amide bonds. The summed E-state index contributed by atoms with van der Waals surface area (Å²) in [5, 5.41) is 0. The fraction of sp³-hybridized carbons (Fsp3) is 0.450. The highest BCUT2D eigenvalue weighted by Gasteiger charge is 2.17. The third-order valence-electron chi connectivity index (χ3n) is 4.85. The average Bonchev–Trinajstić information content (AvgIpc) is 3.03. The van der Waals surface area contributed by atoms with Gasteiger partial charge in [-0.15, -0.1) is 0 Å². The van der Waals surface area contributed by atoms with Crippen molar-refractivity contribution in [1.82, 2.24) is 19.5 Å². The van der Waals surface area contributed by atoms with E-state index in [2.05, 4.69) is 61.3 Å². The number of hydrogen-bond acceptors (Lipinski definition) is 4. The van der Waals surface area contributed by atoms with E-state index in [0.717, 1.165) is 22.7 Å². The van der Waals surface area contributed by atoms with Crippen molar-refractivity contribution in [2.75, 3.05) is 7.11 Å². The number of aromatic nitrogens is 4. The molecular weight excluding hydrogens is 312 g/mol. The van der Waals surface area contributed by atoms with Gasteiger partial charge in [0.15, 0.2) is 11.3 Å². The van der Waals surface area contributed by atoms with Crippen LogP contribution in [0.15, 0.2) is 30.7 Å². The van der Waals surface area contributed by atoms with E-state index < -0.39 is 0 Å². The maximum absolute atomic E-state index is 5.55. The largest absolute Gasteiger partial charge is 0.496 e. The molecule has 5 nitrogen and oxygen atoms in total. The highest BCUT2D eigenvalue weighted by molar-refractivity contribution is 5.74. The van der Waals surface area contributed by atoms with Crippen LogP contribution in [-0.2, 0) is 0 Å². The van der Waals surface area contributed by atoms with Crippen LogP contribution >= 0.6 is 0 Å². The average molecular weight is 338 g/mol. The monoisotopic (exact) mass is 338 g/mol. The molecule has 0 aliphatic carbocycles. The van der Waals surface area contributed by atoms with Gasteiger partial charge in [-0.05, 0) is 36.5 Å². The number of hydrogen-bond donors (Lipinski definition) is 0. The zero-order valence-electron chi connectivity index (χ0n) is 15.8. The fourth-order valence-corrected chi connectivity index (χ4v) is 2.84. The molecule has 0 bridgehead atoms. The number of imidazole rings is 1. The van der Waals surface area contributed by atoms with Gasteiger partial charge in [-0.25, -0.2) is 15.0 Å². The Labute approximate surface area is 149 Å². The van der Waals surface area contributed by atoms with E-state index in [1.54, 1.807) is 13.3 Å². The second-order valence-corrected chi connectivity index (χ2v) is 7.15. The molecule has 0 aliphatic heterocycles. The van der Waals surface area contributed by atoms with Crippen molar-refractivity contribution in [3.05, 3.63) is 36.3 Å². The molecule has 0 unspecified atom stereocenters. The minimum absolute atomic E-state index is 0.304. The van der Waals surface area contributed by atoms with Crippen LogP contribution in [0.1, 0.15) is 52.1 Å². The highest BCUT2D eigenvalue weighted by atomic mass is 16.5. The zero-order chi connectivity index (χ0) is 18.1. The Balaban J connectivity index is 2.16. The van der Waals surface area contributed by atoms with E-state index in [1.165, 1.54) is 5.56 Å². The predicted octanol–water partition coefficient (Wildman–Crippen LogP) is 4.84. The van der Waals surface area contributed by atoms with Crippen molar-refractivity contribution in [1.29, 1.82) is 0 Å². The molecule has 1 aromatic carbocycles. The van der Waals surface area contributed by atoms with E-state index >= 15 is 0 Å². The lowest BCUT2D eigenvalue weighted by molar-refractivity contribution is 0.414. The summed E-state index contributed by atoms with van der Waals surface area (Å²) in [5.74, 6) is 1.73. The second kappa shape index (κ2) is 6.82. The van der Waals surface area contributed by atoms with Crippen molar-refractivity contribution in [3.8, 4) is 17.0 Å². The van der Waals surface area contributed by atoms with Gasteiger partial charge in [0.25, 0.3) is 0 Å². The van der Waals surface area contributed by atoms with Crippen LogP contribution < -0.4 is 4.74 Å². The van der Waals surface area contributed by atoms with Gasteiger partial charge in [0.2, 0.25) is 0 Å². The Bertz CT molecular complexity index is 883. The van der Waals surface area contributed by atoms with E-state index in [9.17, 15) is 0 Å². The first kappa shape index (κ1) is 17.4. The molecule has 0 fully saturated rings. The molecule has 5 heteroatoms. The lowest BCUT2D eigenvalue weighted by Gasteiger charge is -2.18. The third-order valence-corrected chi connectivity index (χ3v) is 4.85. The summed E-state index contributed by atoms with van der Waals surface area (Å²) < 4.78 is 7.66. The predicted molar refractivity (Wildman–Crippen MR) is 101 cm³/mol. The van der Waals surface area contributed by atoms with Crippen LogP contribution in [0.5, 0.6) is 5.75 Å². The van der Waals surface area contributed by atoms with Crippen LogP contribution in [0.2, 0.25) is 0 Å². The van der Waals surface area contributed by atoms with Crippen molar-refractivity contribution < 1.29 is 4.74 Å². The molecule has 0 saturated carbocycles. The Kier molecular flexibility index (Phi) is 4.75. The van der Waals surface area contributed by atoms with Gasteiger partial charge in [-0.3, -0.25) is 0 Å². The summed E-state index contributed by atoms with van der Waals surface area (Å²) in [5.41, 5.74) is 4.52. The molecule has 0 radical (unpaired) electrons. The fourth-order valence-electron chi connectivity index (χ4n) is 2.84. The lowest BCUT2D eigenvalue weighted by atomic mass is 9.99. The van der Waals surface area contributed by atoms with Crippen molar-refractivity contribution in [2.24, 2.45) is 5.92 Å². The van der Waals surface area contributed by atoms with Gasteiger partial charge in [0.1, 0.15) is 5.75 Å². The topological polar surface area (TPSA) is 52.8 Å². The minimum Gasteiger partial charge on any atom is -0.496 e. The van der Waals surface area contributed by atoms with Crippen LogP contribution in [-0.4, -0.2) is 26.6 Å². The quantitative estimate of drug-likeness (QED) is 0.668. The second-order valence-electron chi connectivity index (χ2n) is 7.15. The number of ether oxygens (including phenoxy) is 1. The van der Waals surface area contributed by atoms with E-state index in [4.69, 9.17) is 9.72 Å². The molecule has 2 heterocycles. The first-order valence-electron chi connectivity index (χ1n) is 8.80. The maximum Gasteiger partial charge on any atom is 0.197 e. The molecule has 0 saturated heterocycles. The normalized spacial score (nSPS) is 13.0. The van der Waals surface area contributed by atoms with Crippen LogP contribution in [0.25, 0.3) is 22.6 Å². The molecule has 1 atom stereocenters. The summed E-state index contributed by atoms with van der Waals surface area (Å²) in [6.45, 7) is 10.9. The maximum atomic E-state index is 5.55. The standard InChI is InChI=1S/C20H26N4O/c1-12(2)14(5)24-11-22-19-20(24)23-17(10-21-19)16-9-15(13(3)4)7-8-18(16)25-6/h7-14H,1-6H3/t14-/m1/s1. The van der Waals surface area contributed by atoms with Gasteiger partial charge >= 0.3 is 0 Å². The Morgan fingerprint density at radius 3 is 2.44 bits per heavy atom. The third kappa shape index (κ3) is 3.23. The van der Waals surface area contributed by atoms with Gasteiger partial charge in [0.05, 0.1) is 25.3 Å². The summed E-state index contributed by atoms with van der Waals surface area (Å²) in [4.78, 5) is 13.8. The molecule has 2 aromatic heterocycles. The molecule has 3 aromatic rings. The van der Waals surface area contributed by atoms with E-state index in [0.29, 0.717) is 23.5 Å². The SMILES string of the molecule is COc1ccc(C(C)C)cc1-c1cnc2ncn([C@H](C)C(C)C)c2n1. The molecule has 0 N–H and O–H groups in total. The van der Waals surface area contributed by atoms with E-state index in [1.807, 2.05) is 12.4 Å². The van der Waals surface area contributed by atoms with Crippen molar-refractivity contribution in [3.63, 3.8) is 0 Å². The number of benzene rings is 1. The molecule has 3 rings (SSSR count). The number of fused-ring (bicyclic) bond motifs is 1. The van der Waals surface area contributed by atoms with Crippen LogP contribution in [0, 0.1) is 5.92 Å². The number of nitrogens with zero attached hydrogens (tertiary/aromatic N) is 4. The summed E-state index contributed by atoms with van der Waals surface area (Å²) >= 11 is 0. The number of rotatable bonds is 5. The van der Waals surface area contributed by atoms with Crippen LogP contribution in [0.4, 0.5) is 0 Å². The Hall–Kier alpha value is -2.43. The highest BCUT2D eigenvalue weighted by Crippen LogP contribution is 2.32. The molecule has 0 spiro atoms.